The normalized spacial score (nSPS) is 14.5. The number of likely N-dealkylation sites (N-methyl/N-ethyl adjacent to an activating group) is 1. The van der Waals surface area contributed by atoms with Gasteiger partial charge in [-0.2, -0.15) is 0 Å². The van der Waals surface area contributed by atoms with Gasteiger partial charge < -0.3 is 40.8 Å². The van der Waals surface area contributed by atoms with Crippen LogP contribution in [0.25, 0.3) is 0 Å². The van der Waals surface area contributed by atoms with Crippen molar-refractivity contribution in [2.75, 3.05) is 24.5 Å². The van der Waals surface area contributed by atoms with Gasteiger partial charge in [-0.05, 0) is 93.3 Å². The molecule has 4 amide bonds. The molecule has 66 heavy (non-hydrogen) atoms. The zero-order valence-corrected chi connectivity index (χ0v) is 38.6. The number of aliphatic hydroxyl groups is 1. The summed E-state index contributed by atoms with van der Waals surface area (Å²) < 4.78 is 6.53. The van der Waals surface area contributed by atoms with E-state index in [2.05, 4.69) is 25.9 Å². The van der Waals surface area contributed by atoms with Gasteiger partial charge in [-0.25, -0.2) is 4.98 Å². The fraction of sp³-hybridized carbons (Fsp3) is 0.417. The van der Waals surface area contributed by atoms with Gasteiger partial charge in [0.1, 0.15) is 29.1 Å². The van der Waals surface area contributed by atoms with Crippen LogP contribution in [0.2, 0.25) is 0 Å². The van der Waals surface area contributed by atoms with Crippen molar-refractivity contribution in [2.45, 2.75) is 103 Å². The van der Waals surface area contributed by atoms with Gasteiger partial charge in [0.15, 0.2) is 5.84 Å². The number of hydrogen-bond donors (Lipinski definition) is 8. The molecule has 0 aliphatic carbocycles. The standard InChI is InChI=1S/C48H61BN9O8/c1-8-53-45(63)42(51)58(41(50)35-26-34(30(4)5)38(59)27-39(35)60)33-16-14-32(15-17-33)46(64)57-22-18-48(19-23-57,47(6,7)65)66-49-40(24-29(2)3)56-43(61)36(25-31-12-10-9-11-13-31)55-44(62)37-28-52-20-21-54-37/h9-17,20-21,26-30,36,40,50-51,59-60,65H,8,18-19,22-25H2,1-7H3,(H,53,63)(H,55,62)(H,56,61). The van der Waals surface area contributed by atoms with Crippen molar-refractivity contribution in [3.63, 3.8) is 0 Å². The molecule has 1 aliphatic rings. The summed E-state index contributed by atoms with van der Waals surface area (Å²) in [5, 5.41) is 59.0. The van der Waals surface area contributed by atoms with Crippen LogP contribution in [0.3, 0.4) is 0 Å². The molecular formula is C48H61BN9O8. The second-order valence-corrected chi connectivity index (χ2v) is 17.7. The Morgan fingerprint density at radius 2 is 1.61 bits per heavy atom. The molecule has 1 aliphatic heterocycles. The maximum Gasteiger partial charge on any atom is 0.317 e. The minimum atomic E-state index is -1.38. The summed E-state index contributed by atoms with van der Waals surface area (Å²) in [5.41, 5.74) is -0.670. The number of nitrogens with zero attached hydrogens (tertiary/aromatic N) is 4. The first kappa shape index (κ1) is 50.3. The molecule has 2 heterocycles. The molecule has 5 rings (SSSR count). The Balaban J connectivity index is 1.30. The Bertz CT molecular complexity index is 2350. The van der Waals surface area contributed by atoms with Crippen LogP contribution in [0.1, 0.15) is 111 Å². The molecule has 17 nitrogen and oxygen atoms in total. The predicted octanol–water partition coefficient (Wildman–Crippen LogP) is 4.87. The number of aromatic nitrogens is 2. The lowest BCUT2D eigenvalue weighted by Gasteiger charge is -2.49. The predicted molar refractivity (Wildman–Crippen MR) is 252 cm³/mol. The Morgan fingerprint density at radius 1 is 0.939 bits per heavy atom. The quantitative estimate of drug-likeness (QED) is 0.0403. The van der Waals surface area contributed by atoms with Crippen LogP contribution in [0.15, 0.2) is 85.3 Å². The molecule has 2 atom stereocenters. The average molecular weight is 903 g/mol. The average Bonchev–Trinajstić information content (AvgIpc) is 3.28. The van der Waals surface area contributed by atoms with Crippen molar-refractivity contribution in [2.24, 2.45) is 5.92 Å². The van der Waals surface area contributed by atoms with Crippen LogP contribution in [-0.2, 0) is 20.7 Å². The number of hydrogen-bond acceptors (Lipinski definition) is 12. The van der Waals surface area contributed by atoms with Crippen LogP contribution in [-0.4, -0.2) is 116 Å². The summed E-state index contributed by atoms with van der Waals surface area (Å²) >= 11 is 0. The third kappa shape index (κ3) is 12.4. The van der Waals surface area contributed by atoms with Gasteiger partial charge in [0.25, 0.3) is 17.7 Å². The first-order chi connectivity index (χ1) is 31.2. The van der Waals surface area contributed by atoms with Gasteiger partial charge in [0.05, 0.1) is 23.0 Å². The number of carbonyl (C=O) groups is 4. The van der Waals surface area contributed by atoms with E-state index in [4.69, 9.17) is 15.5 Å². The Kier molecular flexibility index (Phi) is 16.8. The number of nitrogens with one attached hydrogen (secondary N) is 5. The van der Waals surface area contributed by atoms with E-state index in [0.717, 1.165) is 16.5 Å². The number of amides is 4. The highest BCUT2D eigenvalue weighted by Gasteiger charge is 2.48. The van der Waals surface area contributed by atoms with Crippen molar-refractivity contribution in [1.29, 1.82) is 10.8 Å². The summed E-state index contributed by atoms with van der Waals surface area (Å²) in [6.45, 7) is 13.3. The van der Waals surface area contributed by atoms with Crippen molar-refractivity contribution >= 4 is 48.5 Å². The maximum absolute atomic E-state index is 14.0. The molecule has 1 aromatic heterocycles. The zero-order valence-electron chi connectivity index (χ0n) is 38.6. The van der Waals surface area contributed by atoms with Gasteiger partial charge >= 0.3 is 7.48 Å². The first-order valence-corrected chi connectivity index (χ1v) is 22.1. The molecule has 1 radical (unpaired) electrons. The maximum atomic E-state index is 14.0. The summed E-state index contributed by atoms with van der Waals surface area (Å²) in [4.78, 5) is 64.8. The highest BCUT2D eigenvalue weighted by Crippen LogP contribution is 2.38. The number of phenols is 2. The molecule has 2 unspecified atom stereocenters. The van der Waals surface area contributed by atoms with E-state index in [1.54, 1.807) is 33.2 Å². The highest BCUT2D eigenvalue weighted by molar-refractivity contribution is 6.48. The molecule has 1 fully saturated rings. The summed E-state index contributed by atoms with van der Waals surface area (Å²) in [7, 11) is 1.54. The molecule has 0 saturated carbocycles. The number of phenolic OH excluding ortho intramolecular Hbond substituents is 2. The second kappa shape index (κ2) is 22.0. The number of rotatable bonds is 17. The molecule has 18 heteroatoms. The van der Waals surface area contributed by atoms with Gasteiger partial charge in [0, 0.05) is 61.7 Å². The van der Waals surface area contributed by atoms with E-state index in [9.17, 15) is 34.5 Å². The third-order valence-electron chi connectivity index (χ3n) is 11.6. The van der Waals surface area contributed by atoms with Crippen LogP contribution in [0, 0.1) is 16.7 Å². The molecule has 3 aromatic carbocycles. The van der Waals surface area contributed by atoms with Gasteiger partial charge in [0.2, 0.25) is 5.91 Å². The van der Waals surface area contributed by atoms with Crippen molar-refractivity contribution in [1.82, 2.24) is 30.8 Å². The number of likely N-dealkylation sites (tertiary alicyclic amines) is 1. The lowest BCUT2D eigenvalue weighted by Crippen LogP contribution is -2.61. The zero-order chi connectivity index (χ0) is 48.3. The van der Waals surface area contributed by atoms with Crippen LogP contribution < -0.4 is 20.9 Å². The first-order valence-electron chi connectivity index (χ1n) is 22.1. The minimum absolute atomic E-state index is 0.0120. The van der Waals surface area contributed by atoms with Gasteiger partial charge in [-0.15, -0.1) is 0 Å². The number of piperidine rings is 1. The monoisotopic (exact) mass is 902 g/mol. The topological polar surface area (TPSA) is 254 Å². The van der Waals surface area contributed by atoms with E-state index in [1.807, 2.05) is 58.0 Å². The van der Waals surface area contributed by atoms with E-state index in [1.165, 1.54) is 48.9 Å². The number of aromatic hydroxyl groups is 2. The number of amidine groups is 2. The van der Waals surface area contributed by atoms with Crippen LogP contribution in [0.4, 0.5) is 5.69 Å². The summed E-state index contributed by atoms with van der Waals surface area (Å²) in [5.74, 6) is -4.28. The van der Waals surface area contributed by atoms with Gasteiger partial charge in [-0.1, -0.05) is 58.0 Å². The number of anilines is 1. The molecule has 0 bridgehead atoms. The molecule has 8 N–H and O–H groups in total. The fourth-order valence-corrected chi connectivity index (χ4v) is 7.82. The SMILES string of the molecule is CCNC(=O)C(=N)N(C(=N)c1cc(C(C)C)c(O)cc1O)c1ccc(C(=O)N2CCC(O[B]C(CC(C)C)NC(=O)C(Cc3ccccc3)NC(=O)c3cnccn3)(C(C)(C)O)CC2)cc1. The number of carbonyl (C=O) groups excluding carboxylic acids is 4. The van der Waals surface area contributed by atoms with E-state index in [0.29, 0.717) is 17.5 Å². The van der Waals surface area contributed by atoms with E-state index in [-0.39, 0.29) is 79.3 Å². The van der Waals surface area contributed by atoms with E-state index >= 15 is 0 Å². The highest BCUT2D eigenvalue weighted by atomic mass is 16.5. The molecule has 0 spiro atoms. The lowest BCUT2D eigenvalue weighted by molar-refractivity contribution is -0.138. The summed E-state index contributed by atoms with van der Waals surface area (Å²) in [6.07, 6.45) is 5.35. The van der Waals surface area contributed by atoms with Gasteiger partial charge in [-0.3, -0.25) is 39.9 Å². The largest absolute Gasteiger partial charge is 0.508 e. The lowest BCUT2D eigenvalue weighted by atomic mass is 9.73. The Labute approximate surface area is 386 Å². The number of benzene rings is 3. The van der Waals surface area contributed by atoms with Crippen molar-refractivity contribution in [3.05, 3.63) is 113 Å². The van der Waals surface area contributed by atoms with Crippen LogP contribution in [0.5, 0.6) is 11.5 Å². The van der Waals surface area contributed by atoms with Crippen molar-refractivity contribution in [3.8, 4) is 11.5 Å². The smallest absolute Gasteiger partial charge is 0.317 e. The molecule has 349 valence electrons. The third-order valence-corrected chi connectivity index (χ3v) is 11.6. The fourth-order valence-electron chi connectivity index (χ4n) is 7.82. The molecule has 4 aromatic rings. The second-order valence-electron chi connectivity index (χ2n) is 17.7. The Morgan fingerprint density at radius 3 is 2.18 bits per heavy atom. The van der Waals surface area contributed by atoms with Crippen LogP contribution >= 0.6 is 0 Å². The minimum Gasteiger partial charge on any atom is -0.508 e. The molecule has 1 saturated heterocycles. The molecular weight excluding hydrogens is 841 g/mol. The van der Waals surface area contributed by atoms with E-state index < -0.39 is 58.3 Å². The summed E-state index contributed by atoms with van der Waals surface area (Å²) in [6, 6.07) is 17.0. The van der Waals surface area contributed by atoms with Crippen molar-refractivity contribution < 1.29 is 39.2 Å². The Hall–Kier alpha value is -6.66.